The summed E-state index contributed by atoms with van der Waals surface area (Å²) >= 11 is 0. The van der Waals surface area contributed by atoms with E-state index in [4.69, 9.17) is 5.11 Å². The summed E-state index contributed by atoms with van der Waals surface area (Å²) in [6.45, 7) is 5.57. The molecule has 0 heterocycles. The molecular formula is C15H21NO3. The molecule has 1 unspecified atom stereocenters. The van der Waals surface area contributed by atoms with Gasteiger partial charge in [0.15, 0.2) is 0 Å². The smallest absolute Gasteiger partial charge is 0.326 e. The van der Waals surface area contributed by atoms with Gasteiger partial charge in [0.25, 0.3) is 0 Å². The molecule has 0 radical (unpaired) electrons. The van der Waals surface area contributed by atoms with Crippen LogP contribution in [0.25, 0.3) is 0 Å². The Hall–Kier alpha value is -1.84. The lowest BCUT2D eigenvalue weighted by atomic mass is 10.0. The minimum Gasteiger partial charge on any atom is -0.480 e. The van der Waals surface area contributed by atoms with Gasteiger partial charge in [-0.1, -0.05) is 23.8 Å². The number of hydrogen-bond donors (Lipinski definition) is 1. The maximum absolute atomic E-state index is 11.9. The second-order valence-corrected chi connectivity index (χ2v) is 4.95. The first-order valence-corrected chi connectivity index (χ1v) is 6.37. The molecule has 0 spiro atoms. The molecule has 1 amide bonds. The predicted molar refractivity (Wildman–Crippen MR) is 74.1 cm³/mol. The molecule has 1 N–H and O–H groups in total. The van der Waals surface area contributed by atoms with Gasteiger partial charge in [0, 0.05) is 13.5 Å². The van der Waals surface area contributed by atoms with Crippen molar-refractivity contribution in [3.05, 3.63) is 34.9 Å². The van der Waals surface area contributed by atoms with E-state index in [0.717, 1.165) is 5.56 Å². The Morgan fingerprint density at radius 2 is 1.95 bits per heavy atom. The number of rotatable bonds is 5. The highest BCUT2D eigenvalue weighted by Crippen LogP contribution is 2.13. The first kappa shape index (κ1) is 15.2. The van der Waals surface area contributed by atoms with Crippen molar-refractivity contribution in [2.45, 2.75) is 39.7 Å². The second-order valence-electron chi connectivity index (χ2n) is 4.95. The topological polar surface area (TPSA) is 57.6 Å². The summed E-state index contributed by atoms with van der Waals surface area (Å²) in [5.41, 5.74) is 3.50. The number of carbonyl (C=O) groups is 2. The average Bonchev–Trinajstić information content (AvgIpc) is 2.35. The number of carbonyl (C=O) groups excluding carboxylic acids is 1. The number of carboxylic acid groups (broad SMARTS) is 1. The van der Waals surface area contributed by atoms with Gasteiger partial charge in [-0.2, -0.15) is 0 Å². The zero-order valence-electron chi connectivity index (χ0n) is 11.9. The fourth-order valence-electron chi connectivity index (χ4n) is 1.93. The predicted octanol–water partition coefficient (Wildman–Crippen LogP) is 2.17. The van der Waals surface area contributed by atoms with Crippen molar-refractivity contribution in [3.63, 3.8) is 0 Å². The van der Waals surface area contributed by atoms with Crippen LogP contribution in [0.4, 0.5) is 0 Å². The van der Waals surface area contributed by atoms with Crippen molar-refractivity contribution in [1.29, 1.82) is 0 Å². The lowest BCUT2D eigenvalue weighted by Crippen LogP contribution is -2.40. The minimum atomic E-state index is -0.984. The van der Waals surface area contributed by atoms with Gasteiger partial charge < -0.3 is 10.0 Å². The first-order valence-electron chi connectivity index (χ1n) is 6.37. The summed E-state index contributed by atoms with van der Waals surface area (Å²) in [7, 11) is 1.53. The van der Waals surface area contributed by atoms with Crippen LogP contribution in [0, 0.1) is 13.8 Å². The number of likely N-dealkylation sites (N-methyl/N-ethyl adjacent to an activating group) is 1. The molecule has 0 aromatic heterocycles. The molecule has 0 saturated heterocycles. The molecule has 0 saturated carbocycles. The van der Waals surface area contributed by atoms with Crippen LogP contribution >= 0.6 is 0 Å². The number of aliphatic carboxylic acids is 1. The zero-order chi connectivity index (χ0) is 14.6. The first-order chi connectivity index (χ1) is 8.82. The summed E-state index contributed by atoms with van der Waals surface area (Å²) in [6, 6.07) is 5.35. The van der Waals surface area contributed by atoms with Crippen LogP contribution < -0.4 is 0 Å². The van der Waals surface area contributed by atoms with Gasteiger partial charge in [0.1, 0.15) is 6.04 Å². The normalized spacial score (nSPS) is 12.0. The SMILES string of the molecule is Cc1ccc(CCC(=O)N(C)C(C)C(=O)O)c(C)c1. The van der Waals surface area contributed by atoms with Gasteiger partial charge >= 0.3 is 5.97 Å². The van der Waals surface area contributed by atoms with Crippen LogP contribution in [0.3, 0.4) is 0 Å². The Morgan fingerprint density at radius 3 is 2.47 bits per heavy atom. The molecule has 104 valence electrons. The summed E-state index contributed by atoms with van der Waals surface area (Å²) in [4.78, 5) is 24.0. The van der Waals surface area contributed by atoms with Gasteiger partial charge in [-0.25, -0.2) is 4.79 Å². The van der Waals surface area contributed by atoms with Crippen molar-refractivity contribution in [2.75, 3.05) is 7.05 Å². The lowest BCUT2D eigenvalue weighted by molar-refractivity contribution is -0.148. The Morgan fingerprint density at radius 1 is 1.32 bits per heavy atom. The van der Waals surface area contributed by atoms with Crippen LogP contribution in [0.5, 0.6) is 0 Å². The third kappa shape index (κ3) is 4.09. The Bertz CT molecular complexity index is 482. The number of hydrogen-bond acceptors (Lipinski definition) is 2. The van der Waals surface area contributed by atoms with E-state index in [0.29, 0.717) is 12.8 Å². The Balaban J connectivity index is 2.61. The highest BCUT2D eigenvalue weighted by molar-refractivity contribution is 5.83. The molecule has 1 aromatic carbocycles. The van der Waals surface area contributed by atoms with E-state index < -0.39 is 12.0 Å². The minimum absolute atomic E-state index is 0.144. The summed E-state index contributed by atoms with van der Waals surface area (Å²) < 4.78 is 0. The van der Waals surface area contributed by atoms with Crippen LogP contribution in [-0.2, 0) is 16.0 Å². The maximum Gasteiger partial charge on any atom is 0.326 e. The quantitative estimate of drug-likeness (QED) is 0.885. The number of nitrogens with zero attached hydrogens (tertiary/aromatic N) is 1. The highest BCUT2D eigenvalue weighted by Gasteiger charge is 2.21. The molecule has 1 atom stereocenters. The van der Waals surface area contributed by atoms with Crippen molar-refractivity contribution in [1.82, 2.24) is 4.90 Å². The van der Waals surface area contributed by atoms with Gasteiger partial charge in [-0.05, 0) is 38.3 Å². The molecule has 0 aliphatic rings. The Labute approximate surface area is 114 Å². The standard InChI is InChI=1S/C15H21NO3/c1-10-5-6-13(11(2)9-10)7-8-14(17)16(4)12(3)15(18)19/h5-6,9,12H,7-8H2,1-4H3,(H,18,19). The molecule has 0 bridgehead atoms. The van der Waals surface area contributed by atoms with E-state index in [1.165, 1.54) is 30.0 Å². The Kier molecular flexibility index (Phi) is 5.10. The molecule has 19 heavy (non-hydrogen) atoms. The monoisotopic (exact) mass is 263 g/mol. The molecule has 0 fully saturated rings. The van der Waals surface area contributed by atoms with Gasteiger partial charge in [0.2, 0.25) is 5.91 Å². The molecular weight excluding hydrogens is 242 g/mol. The van der Waals surface area contributed by atoms with Gasteiger partial charge in [0.05, 0.1) is 0 Å². The van der Waals surface area contributed by atoms with E-state index in [-0.39, 0.29) is 5.91 Å². The summed E-state index contributed by atoms with van der Waals surface area (Å²) in [6.07, 6.45) is 0.972. The fourth-order valence-corrected chi connectivity index (χ4v) is 1.93. The van der Waals surface area contributed by atoms with Crippen molar-refractivity contribution >= 4 is 11.9 Å². The summed E-state index contributed by atoms with van der Waals surface area (Å²) in [5.74, 6) is -1.13. The van der Waals surface area contributed by atoms with E-state index >= 15 is 0 Å². The molecule has 4 heteroatoms. The zero-order valence-corrected chi connectivity index (χ0v) is 11.9. The van der Waals surface area contributed by atoms with Gasteiger partial charge in [-0.3, -0.25) is 4.79 Å². The maximum atomic E-state index is 11.9. The van der Waals surface area contributed by atoms with Crippen molar-refractivity contribution in [2.24, 2.45) is 0 Å². The molecule has 0 aliphatic heterocycles. The highest BCUT2D eigenvalue weighted by atomic mass is 16.4. The van der Waals surface area contributed by atoms with Crippen molar-refractivity contribution in [3.8, 4) is 0 Å². The van der Waals surface area contributed by atoms with E-state index in [9.17, 15) is 9.59 Å². The van der Waals surface area contributed by atoms with E-state index in [2.05, 4.69) is 6.07 Å². The second kappa shape index (κ2) is 6.36. The number of benzene rings is 1. The van der Waals surface area contributed by atoms with E-state index in [1.807, 2.05) is 26.0 Å². The molecule has 0 aliphatic carbocycles. The largest absolute Gasteiger partial charge is 0.480 e. The number of aryl methyl sites for hydroxylation is 3. The lowest BCUT2D eigenvalue weighted by Gasteiger charge is -2.21. The van der Waals surface area contributed by atoms with Crippen LogP contribution in [0.1, 0.15) is 30.0 Å². The number of carboxylic acids is 1. The molecule has 1 rings (SSSR count). The molecule has 1 aromatic rings. The average molecular weight is 263 g/mol. The van der Waals surface area contributed by atoms with Crippen molar-refractivity contribution < 1.29 is 14.7 Å². The third-order valence-corrected chi connectivity index (χ3v) is 3.44. The van der Waals surface area contributed by atoms with Crippen LogP contribution in [-0.4, -0.2) is 35.0 Å². The van der Waals surface area contributed by atoms with Crippen LogP contribution in [0.2, 0.25) is 0 Å². The fraction of sp³-hybridized carbons (Fsp3) is 0.467. The number of amides is 1. The van der Waals surface area contributed by atoms with Crippen LogP contribution in [0.15, 0.2) is 18.2 Å². The summed E-state index contributed by atoms with van der Waals surface area (Å²) in [5, 5.41) is 8.87. The van der Waals surface area contributed by atoms with Gasteiger partial charge in [-0.15, -0.1) is 0 Å². The molecule has 4 nitrogen and oxygen atoms in total. The third-order valence-electron chi connectivity index (χ3n) is 3.44. The van der Waals surface area contributed by atoms with E-state index in [1.54, 1.807) is 0 Å².